The van der Waals surface area contributed by atoms with E-state index < -0.39 is 0 Å². The monoisotopic (exact) mass is 278 g/mol. The van der Waals surface area contributed by atoms with E-state index in [2.05, 4.69) is 56.2 Å². The summed E-state index contributed by atoms with van der Waals surface area (Å²) >= 11 is 0. The van der Waals surface area contributed by atoms with Crippen LogP contribution >= 0.6 is 0 Å². The van der Waals surface area contributed by atoms with Crippen molar-refractivity contribution in [2.75, 3.05) is 26.7 Å². The standard InChI is InChI=1S/C17H30N2O/c1-5-6-10-19(4)11-12-20-17-9-7-8-16(13-17)14-18-15(2)3/h7-9,13,15,18H,5-6,10-12,14H2,1-4H3. The van der Waals surface area contributed by atoms with Gasteiger partial charge in [0.2, 0.25) is 0 Å². The predicted octanol–water partition coefficient (Wildman–Crippen LogP) is 3.30. The Morgan fingerprint density at radius 3 is 2.75 bits per heavy atom. The number of unbranched alkanes of at least 4 members (excludes halogenated alkanes) is 1. The van der Waals surface area contributed by atoms with Gasteiger partial charge in [0.25, 0.3) is 0 Å². The number of benzene rings is 1. The van der Waals surface area contributed by atoms with Gasteiger partial charge in [-0.25, -0.2) is 0 Å². The molecule has 0 atom stereocenters. The largest absolute Gasteiger partial charge is 0.492 e. The zero-order valence-electron chi connectivity index (χ0n) is 13.5. The maximum Gasteiger partial charge on any atom is 0.119 e. The Morgan fingerprint density at radius 2 is 2.05 bits per heavy atom. The van der Waals surface area contributed by atoms with Crippen molar-refractivity contribution in [3.05, 3.63) is 29.8 Å². The lowest BCUT2D eigenvalue weighted by Gasteiger charge is -2.16. The van der Waals surface area contributed by atoms with E-state index in [1.807, 2.05) is 6.07 Å². The van der Waals surface area contributed by atoms with E-state index in [1.165, 1.54) is 18.4 Å². The summed E-state index contributed by atoms with van der Waals surface area (Å²) in [4.78, 5) is 2.33. The molecule has 0 unspecified atom stereocenters. The van der Waals surface area contributed by atoms with E-state index in [4.69, 9.17) is 4.74 Å². The van der Waals surface area contributed by atoms with Crippen molar-refractivity contribution in [2.24, 2.45) is 0 Å². The molecular weight excluding hydrogens is 248 g/mol. The first kappa shape index (κ1) is 17.0. The summed E-state index contributed by atoms with van der Waals surface area (Å²) < 4.78 is 5.83. The van der Waals surface area contributed by atoms with Crippen LogP contribution in [0.2, 0.25) is 0 Å². The van der Waals surface area contributed by atoms with Gasteiger partial charge in [0.1, 0.15) is 12.4 Å². The minimum atomic E-state index is 0.506. The van der Waals surface area contributed by atoms with Gasteiger partial charge in [-0.2, -0.15) is 0 Å². The molecule has 0 heterocycles. The molecular formula is C17H30N2O. The maximum atomic E-state index is 5.83. The second kappa shape index (κ2) is 9.78. The van der Waals surface area contributed by atoms with Gasteiger partial charge in [0.05, 0.1) is 0 Å². The smallest absolute Gasteiger partial charge is 0.119 e. The van der Waals surface area contributed by atoms with Crippen molar-refractivity contribution in [1.29, 1.82) is 0 Å². The molecule has 0 spiro atoms. The number of hydrogen-bond acceptors (Lipinski definition) is 3. The van der Waals surface area contributed by atoms with Crippen LogP contribution in [0.25, 0.3) is 0 Å². The van der Waals surface area contributed by atoms with Gasteiger partial charge in [-0.15, -0.1) is 0 Å². The number of ether oxygens (including phenoxy) is 1. The Bertz CT molecular complexity index is 366. The Kier molecular flexibility index (Phi) is 8.31. The highest BCUT2D eigenvalue weighted by atomic mass is 16.5. The highest BCUT2D eigenvalue weighted by Gasteiger charge is 2.00. The second-order valence-corrected chi connectivity index (χ2v) is 5.69. The van der Waals surface area contributed by atoms with Gasteiger partial charge in [0, 0.05) is 19.1 Å². The highest BCUT2D eigenvalue weighted by Crippen LogP contribution is 2.13. The van der Waals surface area contributed by atoms with E-state index in [9.17, 15) is 0 Å². The van der Waals surface area contributed by atoms with Crippen LogP contribution in [0.1, 0.15) is 39.2 Å². The van der Waals surface area contributed by atoms with Crippen LogP contribution in [0.5, 0.6) is 5.75 Å². The normalized spacial score (nSPS) is 11.3. The van der Waals surface area contributed by atoms with E-state index in [0.29, 0.717) is 6.04 Å². The van der Waals surface area contributed by atoms with E-state index in [1.54, 1.807) is 0 Å². The third-order valence-corrected chi connectivity index (χ3v) is 3.25. The average Bonchev–Trinajstić information content (AvgIpc) is 2.43. The van der Waals surface area contributed by atoms with E-state index in [0.717, 1.165) is 32.0 Å². The first-order chi connectivity index (χ1) is 9.61. The molecule has 0 saturated heterocycles. The zero-order valence-corrected chi connectivity index (χ0v) is 13.5. The van der Waals surface area contributed by atoms with Crippen molar-refractivity contribution in [2.45, 2.75) is 46.2 Å². The van der Waals surface area contributed by atoms with Crippen molar-refractivity contribution in [3.63, 3.8) is 0 Å². The topological polar surface area (TPSA) is 24.5 Å². The minimum Gasteiger partial charge on any atom is -0.492 e. The quantitative estimate of drug-likeness (QED) is 0.711. The molecule has 3 heteroatoms. The lowest BCUT2D eigenvalue weighted by atomic mass is 10.2. The summed E-state index contributed by atoms with van der Waals surface area (Å²) in [5.41, 5.74) is 1.27. The molecule has 0 aromatic heterocycles. The Hall–Kier alpha value is -1.06. The zero-order chi connectivity index (χ0) is 14.8. The van der Waals surface area contributed by atoms with Gasteiger partial charge in [-0.1, -0.05) is 39.3 Å². The Labute approximate surface area is 124 Å². The lowest BCUT2D eigenvalue weighted by Crippen LogP contribution is -2.25. The third kappa shape index (κ3) is 7.51. The predicted molar refractivity (Wildman–Crippen MR) is 86.3 cm³/mol. The van der Waals surface area contributed by atoms with Gasteiger partial charge < -0.3 is 15.0 Å². The molecule has 1 aromatic rings. The fourth-order valence-electron chi connectivity index (χ4n) is 1.93. The van der Waals surface area contributed by atoms with Gasteiger partial charge >= 0.3 is 0 Å². The summed E-state index contributed by atoms with van der Waals surface area (Å²) in [6, 6.07) is 8.86. The van der Waals surface area contributed by atoms with E-state index >= 15 is 0 Å². The molecule has 0 bridgehead atoms. The second-order valence-electron chi connectivity index (χ2n) is 5.69. The molecule has 0 aliphatic carbocycles. The molecule has 0 aliphatic rings. The van der Waals surface area contributed by atoms with Crippen LogP contribution in [-0.2, 0) is 6.54 Å². The Balaban J connectivity index is 2.31. The first-order valence-corrected chi connectivity index (χ1v) is 7.75. The first-order valence-electron chi connectivity index (χ1n) is 7.75. The van der Waals surface area contributed by atoms with Crippen molar-refractivity contribution in [1.82, 2.24) is 10.2 Å². The van der Waals surface area contributed by atoms with Gasteiger partial charge in [-0.05, 0) is 37.7 Å². The third-order valence-electron chi connectivity index (χ3n) is 3.25. The van der Waals surface area contributed by atoms with Crippen LogP contribution in [-0.4, -0.2) is 37.7 Å². The molecule has 0 aliphatic heterocycles. The highest BCUT2D eigenvalue weighted by molar-refractivity contribution is 5.28. The molecule has 1 N–H and O–H groups in total. The number of nitrogens with one attached hydrogen (secondary N) is 1. The number of likely N-dealkylation sites (N-methyl/N-ethyl adjacent to an activating group) is 1. The van der Waals surface area contributed by atoms with Crippen molar-refractivity contribution >= 4 is 0 Å². The van der Waals surface area contributed by atoms with Crippen LogP contribution in [0.15, 0.2) is 24.3 Å². The van der Waals surface area contributed by atoms with Crippen molar-refractivity contribution < 1.29 is 4.74 Å². The number of hydrogen-bond donors (Lipinski definition) is 1. The summed E-state index contributed by atoms with van der Waals surface area (Å²) in [5, 5.41) is 3.42. The molecule has 0 fully saturated rings. The summed E-state index contributed by atoms with van der Waals surface area (Å²) in [7, 11) is 2.15. The fourth-order valence-corrected chi connectivity index (χ4v) is 1.93. The van der Waals surface area contributed by atoms with Crippen LogP contribution in [0.4, 0.5) is 0 Å². The summed E-state index contributed by atoms with van der Waals surface area (Å²) in [6.07, 6.45) is 2.50. The molecule has 1 aromatic carbocycles. The number of nitrogens with zero attached hydrogens (tertiary/aromatic N) is 1. The maximum absolute atomic E-state index is 5.83. The fraction of sp³-hybridized carbons (Fsp3) is 0.647. The van der Waals surface area contributed by atoms with Crippen LogP contribution < -0.4 is 10.1 Å². The SMILES string of the molecule is CCCCN(C)CCOc1cccc(CNC(C)C)c1. The molecule has 0 radical (unpaired) electrons. The number of rotatable bonds is 10. The average molecular weight is 278 g/mol. The van der Waals surface area contributed by atoms with Gasteiger partial charge in [0.15, 0.2) is 0 Å². The molecule has 0 saturated carbocycles. The van der Waals surface area contributed by atoms with E-state index in [-0.39, 0.29) is 0 Å². The Morgan fingerprint density at radius 1 is 1.25 bits per heavy atom. The molecule has 20 heavy (non-hydrogen) atoms. The molecule has 0 amide bonds. The van der Waals surface area contributed by atoms with Crippen LogP contribution in [0.3, 0.4) is 0 Å². The minimum absolute atomic E-state index is 0.506. The summed E-state index contributed by atoms with van der Waals surface area (Å²) in [6.45, 7) is 10.3. The molecule has 114 valence electrons. The van der Waals surface area contributed by atoms with Crippen molar-refractivity contribution in [3.8, 4) is 5.75 Å². The summed E-state index contributed by atoms with van der Waals surface area (Å²) in [5.74, 6) is 0.969. The molecule has 1 rings (SSSR count). The lowest BCUT2D eigenvalue weighted by molar-refractivity contribution is 0.235. The van der Waals surface area contributed by atoms with Crippen LogP contribution in [0, 0.1) is 0 Å². The van der Waals surface area contributed by atoms with Gasteiger partial charge in [-0.3, -0.25) is 0 Å². The molecule has 3 nitrogen and oxygen atoms in total.